The van der Waals surface area contributed by atoms with E-state index in [0.717, 1.165) is 22.8 Å². The van der Waals surface area contributed by atoms with Crippen LogP contribution in [0.4, 0.5) is 0 Å². The summed E-state index contributed by atoms with van der Waals surface area (Å²) in [7, 11) is 0. The lowest BCUT2D eigenvalue weighted by Gasteiger charge is -2.25. The number of para-hydroxylation sites is 1. The van der Waals surface area contributed by atoms with E-state index >= 15 is 0 Å². The van der Waals surface area contributed by atoms with Crippen molar-refractivity contribution in [2.45, 2.75) is 16.2 Å². The molecule has 0 saturated carbocycles. The average molecular weight is 536 g/mol. The molecular weight excluding hydrogens is 515 g/mol. The van der Waals surface area contributed by atoms with Crippen LogP contribution in [-0.4, -0.2) is 21.5 Å². The smallest absolute Gasteiger partial charge is 0.230 e. The molecule has 5 heteroatoms. The van der Waals surface area contributed by atoms with Crippen molar-refractivity contribution in [1.29, 1.82) is 0 Å². The van der Waals surface area contributed by atoms with Crippen molar-refractivity contribution in [2.75, 3.05) is 0 Å². The number of aliphatic imine (C=N–C) groups is 2. The van der Waals surface area contributed by atoms with E-state index in [1.165, 1.54) is 46.9 Å². The van der Waals surface area contributed by atoms with Crippen molar-refractivity contribution in [3.8, 4) is 0 Å². The highest BCUT2D eigenvalue weighted by molar-refractivity contribution is 8.01. The van der Waals surface area contributed by atoms with E-state index in [1.807, 2.05) is 23.1 Å². The molecule has 0 aliphatic carbocycles. The number of hydrogen-bond acceptors (Lipinski definition) is 4. The molecule has 2 unspecified atom stereocenters. The maximum absolute atomic E-state index is 5.44. The van der Waals surface area contributed by atoms with Gasteiger partial charge >= 0.3 is 0 Å². The van der Waals surface area contributed by atoms with Crippen LogP contribution in [-0.2, 0) is 0 Å². The lowest BCUT2D eigenvalue weighted by Crippen LogP contribution is -2.30. The van der Waals surface area contributed by atoms with Gasteiger partial charge in [-0.25, -0.2) is 9.98 Å². The molecular formula is C34H21N3S2. The van der Waals surface area contributed by atoms with Gasteiger partial charge in [-0.2, -0.15) is 0 Å². The van der Waals surface area contributed by atoms with Crippen molar-refractivity contribution in [3.63, 3.8) is 0 Å². The van der Waals surface area contributed by atoms with Crippen LogP contribution >= 0.6 is 23.1 Å². The lowest BCUT2D eigenvalue weighted by molar-refractivity contribution is 0.764. The zero-order chi connectivity index (χ0) is 25.5. The van der Waals surface area contributed by atoms with Crippen LogP contribution in [0.5, 0.6) is 0 Å². The summed E-state index contributed by atoms with van der Waals surface area (Å²) in [5, 5.41) is 5.22. The molecule has 0 bridgehead atoms. The predicted molar refractivity (Wildman–Crippen MR) is 167 cm³/mol. The molecule has 5 aromatic carbocycles. The van der Waals surface area contributed by atoms with Gasteiger partial charge < -0.3 is 0 Å². The van der Waals surface area contributed by atoms with Crippen LogP contribution in [0.1, 0.15) is 17.2 Å². The summed E-state index contributed by atoms with van der Waals surface area (Å²) in [6.07, 6.45) is 0. The quantitative estimate of drug-likeness (QED) is 0.206. The molecule has 2 atom stereocenters. The molecule has 9 rings (SSSR count). The number of nitrogens with zero attached hydrogens (tertiary/aromatic N) is 3. The largest absolute Gasteiger partial charge is 0.277 e. The zero-order valence-corrected chi connectivity index (χ0v) is 22.4. The molecule has 0 amide bonds. The Kier molecular flexibility index (Phi) is 4.54. The minimum atomic E-state index is 0.0201. The highest BCUT2D eigenvalue weighted by Crippen LogP contribution is 2.49. The Morgan fingerprint density at radius 3 is 2.31 bits per heavy atom. The van der Waals surface area contributed by atoms with E-state index in [1.54, 1.807) is 0 Å². The second-order valence-corrected chi connectivity index (χ2v) is 12.3. The molecule has 0 saturated heterocycles. The summed E-state index contributed by atoms with van der Waals surface area (Å²) in [6, 6.07) is 41.3. The Bertz CT molecular complexity index is 2170. The van der Waals surface area contributed by atoms with Crippen LogP contribution in [0.3, 0.4) is 0 Å². The molecule has 0 fully saturated rings. The minimum Gasteiger partial charge on any atom is -0.277 e. The van der Waals surface area contributed by atoms with Crippen molar-refractivity contribution < 1.29 is 0 Å². The van der Waals surface area contributed by atoms with Gasteiger partial charge in [0.2, 0.25) is 5.96 Å². The highest BCUT2D eigenvalue weighted by atomic mass is 32.2. The van der Waals surface area contributed by atoms with Crippen molar-refractivity contribution in [1.82, 2.24) is 4.57 Å². The van der Waals surface area contributed by atoms with E-state index in [9.17, 15) is 0 Å². The van der Waals surface area contributed by atoms with Gasteiger partial charge in [-0.05, 0) is 29.3 Å². The van der Waals surface area contributed by atoms with Crippen LogP contribution < -0.4 is 0 Å². The number of thiophene rings is 1. The fraction of sp³-hybridized carbons (Fsp3) is 0.0588. The molecule has 0 spiro atoms. The lowest BCUT2D eigenvalue weighted by atomic mass is 9.96. The first-order valence-electron chi connectivity index (χ1n) is 13.2. The molecule has 7 aromatic rings. The van der Waals surface area contributed by atoms with Crippen molar-refractivity contribution >= 4 is 76.7 Å². The molecule has 2 aliphatic heterocycles. The highest BCUT2D eigenvalue weighted by Gasteiger charge is 2.40. The van der Waals surface area contributed by atoms with Gasteiger partial charge in [-0.3, -0.25) is 4.57 Å². The Morgan fingerprint density at radius 1 is 0.641 bits per heavy atom. The van der Waals surface area contributed by atoms with Gasteiger partial charge in [-0.1, -0.05) is 97.1 Å². The maximum atomic E-state index is 5.44. The molecule has 184 valence electrons. The standard InChI is InChI=1S/C34H21N3S2/c1-2-10-20(11-3-1)29-33-30(25-14-6-9-17-28(25)39-33)36-34(35-29)37-26-15-7-4-12-21(26)23-18-19-24-22-13-5-8-16-27(22)38-32(24)31(23)37/h1-19,30,33H. The zero-order valence-electron chi connectivity index (χ0n) is 20.8. The number of hydrogen-bond donors (Lipinski definition) is 0. The first-order chi connectivity index (χ1) is 19.3. The Hall–Kier alpha value is -4.19. The SMILES string of the molecule is c1ccc(C2=NC(n3c4ccccc4c4ccc5c6ccccc6sc5c43)=NC3c4ccccc4SC23)cc1. The summed E-state index contributed by atoms with van der Waals surface area (Å²) in [5.41, 5.74) is 5.89. The van der Waals surface area contributed by atoms with Gasteiger partial charge in [0, 0.05) is 31.1 Å². The molecule has 0 N–H and O–H groups in total. The van der Waals surface area contributed by atoms with Gasteiger partial charge in [0.05, 0.1) is 32.7 Å². The van der Waals surface area contributed by atoms with Crippen LogP contribution in [0.15, 0.2) is 130 Å². The van der Waals surface area contributed by atoms with Crippen molar-refractivity contribution in [3.05, 3.63) is 126 Å². The topological polar surface area (TPSA) is 29.6 Å². The van der Waals surface area contributed by atoms with Crippen molar-refractivity contribution in [2.24, 2.45) is 9.98 Å². The van der Waals surface area contributed by atoms with Crippen LogP contribution in [0.25, 0.3) is 42.0 Å². The molecule has 4 heterocycles. The number of thioether (sulfide) groups is 1. The Morgan fingerprint density at radius 2 is 1.38 bits per heavy atom. The number of fused-ring (bicyclic) bond motifs is 10. The third-order valence-corrected chi connectivity index (χ3v) is 10.5. The average Bonchev–Trinajstić information content (AvgIpc) is 3.66. The van der Waals surface area contributed by atoms with E-state index in [0.29, 0.717) is 0 Å². The maximum Gasteiger partial charge on any atom is 0.230 e. The van der Waals surface area contributed by atoms with E-state index < -0.39 is 0 Å². The van der Waals surface area contributed by atoms with Gasteiger partial charge in [0.1, 0.15) is 0 Å². The second-order valence-electron chi connectivity index (χ2n) is 10.1. The number of benzene rings is 5. The summed E-state index contributed by atoms with van der Waals surface area (Å²) < 4.78 is 4.91. The summed E-state index contributed by atoms with van der Waals surface area (Å²) in [5.74, 6) is 0.767. The first-order valence-corrected chi connectivity index (χ1v) is 14.9. The monoisotopic (exact) mass is 535 g/mol. The Balaban J connectivity index is 1.40. The van der Waals surface area contributed by atoms with Gasteiger partial charge in [-0.15, -0.1) is 23.1 Å². The number of rotatable bonds is 1. The fourth-order valence-corrected chi connectivity index (χ4v) is 8.88. The first kappa shape index (κ1) is 21.7. The number of aromatic nitrogens is 1. The molecule has 2 aromatic heterocycles. The van der Waals surface area contributed by atoms with Gasteiger partial charge in [0.15, 0.2) is 0 Å². The summed E-state index contributed by atoms with van der Waals surface area (Å²) >= 11 is 3.75. The minimum absolute atomic E-state index is 0.0201. The summed E-state index contributed by atoms with van der Waals surface area (Å²) in [4.78, 5) is 12.1. The van der Waals surface area contributed by atoms with Crippen LogP contribution in [0, 0.1) is 0 Å². The van der Waals surface area contributed by atoms with Crippen LogP contribution in [0.2, 0.25) is 0 Å². The normalized spacial score (nSPS) is 18.5. The Labute approximate surface area is 233 Å². The fourth-order valence-electron chi connectivity index (χ4n) is 6.25. The predicted octanol–water partition coefficient (Wildman–Crippen LogP) is 9.08. The summed E-state index contributed by atoms with van der Waals surface area (Å²) in [6.45, 7) is 0. The molecule has 3 nitrogen and oxygen atoms in total. The van der Waals surface area contributed by atoms with E-state index in [4.69, 9.17) is 9.98 Å². The molecule has 39 heavy (non-hydrogen) atoms. The third-order valence-electron chi connectivity index (χ3n) is 7.97. The molecule has 0 radical (unpaired) electrons. The second kappa shape index (κ2) is 8.15. The van der Waals surface area contributed by atoms with Gasteiger partial charge in [0.25, 0.3) is 0 Å². The van der Waals surface area contributed by atoms with E-state index in [-0.39, 0.29) is 11.3 Å². The molecule has 2 aliphatic rings. The third kappa shape index (κ3) is 3.06. The van der Waals surface area contributed by atoms with E-state index in [2.05, 4.69) is 120 Å².